The van der Waals surface area contributed by atoms with Gasteiger partial charge in [-0.2, -0.15) is 0 Å². The Morgan fingerprint density at radius 2 is 2.00 bits per heavy atom. The molecule has 0 saturated heterocycles. The van der Waals surface area contributed by atoms with Crippen molar-refractivity contribution in [3.05, 3.63) is 29.8 Å². The van der Waals surface area contributed by atoms with Crippen molar-refractivity contribution in [3.8, 4) is 0 Å². The van der Waals surface area contributed by atoms with E-state index in [1.54, 1.807) is 6.07 Å². The highest BCUT2D eigenvalue weighted by Crippen LogP contribution is 2.23. The van der Waals surface area contributed by atoms with E-state index in [9.17, 15) is 4.39 Å². The second-order valence-corrected chi connectivity index (χ2v) is 3.22. The molecule has 0 aliphatic rings. The molecule has 0 saturated carbocycles. The van der Waals surface area contributed by atoms with Gasteiger partial charge >= 0.3 is 0 Å². The number of rotatable bonds is 3. The van der Waals surface area contributed by atoms with Gasteiger partial charge in [-0.15, -0.1) is 0 Å². The predicted octanol–water partition coefficient (Wildman–Crippen LogP) is 2.19. The first-order valence-corrected chi connectivity index (χ1v) is 4.53. The zero-order chi connectivity index (χ0) is 9.90. The van der Waals surface area contributed by atoms with Crippen molar-refractivity contribution >= 4 is 0 Å². The maximum atomic E-state index is 12.6. The van der Waals surface area contributed by atoms with E-state index in [0.717, 1.165) is 18.5 Å². The minimum Gasteiger partial charge on any atom is -0.320 e. The molecule has 0 aliphatic carbocycles. The normalized spacial score (nSPS) is 11.7. The lowest BCUT2D eigenvalue weighted by Crippen LogP contribution is -2.36. The number of nitrogens with two attached hydrogens (primary N) is 1. The number of hydrogen-bond acceptors (Lipinski definition) is 2. The van der Waals surface area contributed by atoms with E-state index in [-0.39, 0.29) is 5.82 Å². The lowest BCUT2D eigenvalue weighted by molar-refractivity contribution is 0.399. The summed E-state index contributed by atoms with van der Waals surface area (Å²) in [5.74, 6) is -0.321. The SMILES string of the molecule is CCC(N)(CC)c1ccc(F)cn1. The molecule has 0 amide bonds. The predicted molar refractivity (Wildman–Crippen MR) is 50.6 cm³/mol. The van der Waals surface area contributed by atoms with Crippen LogP contribution in [-0.4, -0.2) is 4.98 Å². The van der Waals surface area contributed by atoms with Crippen molar-refractivity contribution < 1.29 is 4.39 Å². The highest BCUT2D eigenvalue weighted by Gasteiger charge is 2.23. The van der Waals surface area contributed by atoms with Crippen LogP contribution >= 0.6 is 0 Å². The summed E-state index contributed by atoms with van der Waals surface area (Å²) in [6, 6.07) is 3.05. The average molecular weight is 182 g/mol. The fraction of sp³-hybridized carbons (Fsp3) is 0.500. The van der Waals surface area contributed by atoms with Gasteiger partial charge in [-0.3, -0.25) is 4.98 Å². The highest BCUT2D eigenvalue weighted by atomic mass is 19.1. The fourth-order valence-corrected chi connectivity index (χ4v) is 1.28. The number of aromatic nitrogens is 1. The Balaban J connectivity index is 2.99. The van der Waals surface area contributed by atoms with Gasteiger partial charge in [0.25, 0.3) is 0 Å². The molecular formula is C10H15FN2. The molecule has 0 unspecified atom stereocenters. The first kappa shape index (κ1) is 10.1. The van der Waals surface area contributed by atoms with Crippen LogP contribution in [0.2, 0.25) is 0 Å². The van der Waals surface area contributed by atoms with Gasteiger partial charge in [0.15, 0.2) is 0 Å². The molecule has 3 heteroatoms. The van der Waals surface area contributed by atoms with Crippen LogP contribution in [0.5, 0.6) is 0 Å². The molecule has 1 aromatic rings. The number of nitrogens with zero attached hydrogens (tertiary/aromatic N) is 1. The van der Waals surface area contributed by atoms with E-state index in [1.807, 2.05) is 13.8 Å². The Morgan fingerprint density at radius 1 is 1.38 bits per heavy atom. The Kier molecular flexibility index (Phi) is 2.98. The summed E-state index contributed by atoms with van der Waals surface area (Å²) in [7, 11) is 0. The van der Waals surface area contributed by atoms with Gasteiger partial charge in [0, 0.05) is 0 Å². The lowest BCUT2D eigenvalue weighted by Gasteiger charge is -2.25. The van der Waals surface area contributed by atoms with Crippen molar-refractivity contribution in [2.24, 2.45) is 5.73 Å². The summed E-state index contributed by atoms with van der Waals surface area (Å²) in [6.07, 6.45) is 2.83. The first-order chi connectivity index (χ1) is 6.12. The number of halogens is 1. The van der Waals surface area contributed by atoms with Gasteiger partial charge in [0.2, 0.25) is 0 Å². The van der Waals surface area contributed by atoms with Crippen LogP contribution in [-0.2, 0) is 5.54 Å². The van der Waals surface area contributed by atoms with Crippen LogP contribution in [0.3, 0.4) is 0 Å². The summed E-state index contributed by atoms with van der Waals surface area (Å²) in [4.78, 5) is 3.99. The van der Waals surface area contributed by atoms with Gasteiger partial charge < -0.3 is 5.73 Å². The fourth-order valence-electron chi connectivity index (χ4n) is 1.28. The molecule has 0 radical (unpaired) electrons. The van der Waals surface area contributed by atoms with Crippen molar-refractivity contribution in [2.75, 3.05) is 0 Å². The number of hydrogen-bond donors (Lipinski definition) is 1. The topological polar surface area (TPSA) is 38.9 Å². The molecule has 0 spiro atoms. The summed E-state index contributed by atoms with van der Waals surface area (Å²) in [6.45, 7) is 4.02. The standard InChI is InChI=1S/C10H15FN2/c1-3-10(12,4-2)9-6-5-8(11)7-13-9/h5-7H,3-4,12H2,1-2H3. The van der Waals surface area contributed by atoms with Crippen LogP contribution in [0, 0.1) is 5.82 Å². The smallest absolute Gasteiger partial charge is 0.141 e. The minimum absolute atomic E-state index is 0.321. The molecule has 2 nitrogen and oxygen atoms in total. The zero-order valence-electron chi connectivity index (χ0n) is 8.05. The lowest BCUT2D eigenvalue weighted by atomic mass is 9.90. The van der Waals surface area contributed by atoms with E-state index >= 15 is 0 Å². The molecule has 72 valence electrons. The minimum atomic E-state index is -0.409. The zero-order valence-corrected chi connectivity index (χ0v) is 8.05. The van der Waals surface area contributed by atoms with Crippen LogP contribution in [0.1, 0.15) is 32.4 Å². The Bertz CT molecular complexity index is 265. The Hall–Kier alpha value is -0.960. The van der Waals surface area contributed by atoms with E-state index in [0.29, 0.717) is 0 Å². The molecule has 1 aromatic heterocycles. The van der Waals surface area contributed by atoms with Crippen molar-refractivity contribution in [1.82, 2.24) is 4.98 Å². The van der Waals surface area contributed by atoms with Crippen molar-refractivity contribution in [1.29, 1.82) is 0 Å². The summed E-state index contributed by atoms with van der Waals surface area (Å²) in [5.41, 5.74) is 6.44. The monoisotopic (exact) mass is 182 g/mol. The van der Waals surface area contributed by atoms with E-state index < -0.39 is 5.54 Å². The van der Waals surface area contributed by atoms with Gasteiger partial charge in [-0.25, -0.2) is 4.39 Å². The Morgan fingerprint density at radius 3 is 2.38 bits per heavy atom. The second-order valence-electron chi connectivity index (χ2n) is 3.22. The van der Waals surface area contributed by atoms with Crippen LogP contribution in [0.25, 0.3) is 0 Å². The van der Waals surface area contributed by atoms with Crippen molar-refractivity contribution in [3.63, 3.8) is 0 Å². The Labute approximate surface area is 78.0 Å². The highest BCUT2D eigenvalue weighted by molar-refractivity contribution is 5.15. The van der Waals surface area contributed by atoms with E-state index in [2.05, 4.69) is 4.98 Å². The summed E-state index contributed by atoms with van der Waals surface area (Å²) < 4.78 is 12.6. The summed E-state index contributed by atoms with van der Waals surface area (Å²) >= 11 is 0. The van der Waals surface area contributed by atoms with Crippen molar-refractivity contribution in [2.45, 2.75) is 32.2 Å². The quantitative estimate of drug-likeness (QED) is 0.778. The van der Waals surface area contributed by atoms with E-state index in [1.165, 1.54) is 12.3 Å². The maximum absolute atomic E-state index is 12.6. The van der Waals surface area contributed by atoms with Gasteiger partial charge in [-0.05, 0) is 25.0 Å². The molecule has 13 heavy (non-hydrogen) atoms. The maximum Gasteiger partial charge on any atom is 0.141 e. The molecule has 1 heterocycles. The van der Waals surface area contributed by atoms with Crippen LogP contribution in [0.4, 0.5) is 4.39 Å². The third kappa shape index (κ3) is 2.04. The molecule has 2 N–H and O–H groups in total. The largest absolute Gasteiger partial charge is 0.320 e. The molecule has 0 aromatic carbocycles. The third-order valence-electron chi connectivity index (χ3n) is 2.50. The molecule has 0 atom stereocenters. The molecule has 0 fully saturated rings. The molecular weight excluding hydrogens is 167 g/mol. The first-order valence-electron chi connectivity index (χ1n) is 4.53. The second kappa shape index (κ2) is 3.83. The number of pyridine rings is 1. The molecule has 0 aliphatic heterocycles. The van der Waals surface area contributed by atoms with E-state index in [4.69, 9.17) is 5.73 Å². The summed E-state index contributed by atoms with van der Waals surface area (Å²) in [5, 5.41) is 0. The molecule has 0 bridgehead atoms. The van der Waals surface area contributed by atoms with Crippen LogP contribution < -0.4 is 5.73 Å². The van der Waals surface area contributed by atoms with Gasteiger partial charge in [0.1, 0.15) is 5.82 Å². The third-order valence-corrected chi connectivity index (χ3v) is 2.50. The van der Waals surface area contributed by atoms with Gasteiger partial charge in [-0.1, -0.05) is 13.8 Å². The average Bonchev–Trinajstić information content (AvgIpc) is 2.18. The van der Waals surface area contributed by atoms with Crippen LogP contribution in [0.15, 0.2) is 18.3 Å². The van der Waals surface area contributed by atoms with Gasteiger partial charge in [0.05, 0.1) is 17.4 Å². The molecule has 1 rings (SSSR count).